The number of cyclic esters (lactones) is 1. The molecule has 3 heterocycles. The van der Waals surface area contributed by atoms with Gasteiger partial charge >= 0.3 is 21.6 Å². The van der Waals surface area contributed by atoms with Crippen LogP contribution in [-0.2, 0) is 62.0 Å². The molecule has 16 nitrogen and oxygen atoms in total. The summed E-state index contributed by atoms with van der Waals surface area (Å²) in [6, 6.07) is -1.28. The Balaban J connectivity index is 0.0000141. The molecule has 0 aromatic carbocycles. The van der Waals surface area contributed by atoms with Crippen molar-refractivity contribution in [3.63, 3.8) is 0 Å². The first-order valence-corrected chi connectivity index (χ1v) is 26.6. The predicted octanol–water partition coefficient (Wildman–Crippen LogP) is 7.69. The Morgan fingerprint density at radius 3 is 2.18 bits per heavy atom. The second-order valence-corrected chi connectivity index (χ2v) is 22.1. The Kier molecular flexibility index (Phi) is 24.4. The molecule has 4 rings (SSSR count). The maximum atomic E-state index is 14.4. The zero-order chi connectivity index (χ0) is 53.9. The number of hydrogen-bond acceptors (Lipinski definition) is 15. The SMILES string of the molecule is C.CO[C@H]1C[C@@H]2CC[C@@H](C)[C@@](O)(O2)C(=O)C(=O)N2CCCC[C@H]2C(=O)O[C@H]([C@H](C)C[C@@H]2CC[C@@H](OS(=O)(=O)C(F)(F)F)[C@H](OC)C2)CC(=O)[C@H](C)/C=C(\C)[C@@H](O)[C@@H](OC)C(=O)[C@H](C)C[C@H](C)/C=C/C=CC=C1C. The number of allylic oxidation sites excluding steroid dienone is 6. The van der Waals surface area contributed by atoms with E-state index in [1.54, 1.807) is 34.6 Å². The number of ether oxygens (including phenoxy) is 5. The number of nitrogens with zero attached hydrogens (tertiary/aromatic N) is 1. The number of Topliss-reactive ketones (excluding diaryl/α,β-unsaturated/α-hetero) is 3. The molecular weight excluding hydrogens is 980 g/mol. The molecule has 0 radical (unpaired) electrons. The van der Waals surface area contributed by atoms with E-state index >= 15 is 0 Å². The lowest BCUT2D eigenvalue weighted by Gasteiger charge is -2.42. The monoisotopic (exact) mass is 1060 g/mol. The van der Waals surface area contributed by atoms with E-state index in [-0.39, 0.29) is 82.1 Å². The molecule has 15 atom stereocenters. The topological polar surface area (TPSA) is 219 Å². The third kappa shape index (κ3) is 16.7. The van der Waals surface area contributed by atoms with Gasteiger partial charge in [0.1, 0.15) is 36.2 Å². The number of carbonyl (C=O) groups excluding carboxylic acids is 5. The summed E-state index contributed by atoms with van der Waals surface area (Å²) in [5.41, 5.74) is -4.52. The molecule has 3 fully saturated rings. The van der Waals surface area contributed by atoms with Crippen molar-refractivity contribution in [2.24, 2.45) is 35.5 Å². The van der Waals surface area contributed by atoms with Gasteiger partial charge < -0.3 is 38.8 Å². The van der Waals surface area contributed by atoms with Crippen LogP contribution in [0.1, 0.15) is 133 Å². The number of alkyl halides is 3. The number of fused-ring (bicyclic) bond motifs is 3. The van der Waals surface area contributed by atoms with Gasteiger partial charge in [0.25, 0.3) is 11.7 Å². The third-order valence-corrected chi connectivity index (χ3v) is 16.1. The molecule has 0 spiro atoms. The highest BCUT2D eigenvalue weighted by atomic mass is 32.2. The van der Waals surface area contributed by atoms with Gasteiger partial charge in [0, 0.05) is 58.5 Å². The van der Waals surface area contributed by atoms with Crippen LogP contribution in [-0.4, -0.2) is 141 Å². The first-order valence-electron chi connectivity index (χ1n) is 25.2. The van der Waals surface area contributed by atoms with Gasteiger partial charge in [0.2, 0.25) is 5.79 Å². The van der Waals surface area contributed by atoms with Crippen LogP contribution < -0.4 is 0 Å². The molecule has 1 amide bonds. The van der Waals surface area contributed by atoms with Crippen LogP contribution in [0.15, 0.2) is 47.6 Å². The molecule has 0 aromatic heterocycles. The van der Waals surface area contributed by atoms with Crippen LogP contribution in [0.25, 0.3) is 0 Å². The Labute approximate surface area is 430 Å². The van der Waals surface area contributed by atoms with Crippen molar-refractivity contribution in [1.29, 1.82) is 0 Å². The normalized spacial score (nSPS) is 36.5. The smallest absolute Gasteiger partial charge is 0.460 e. The highest BCUT2D eigenvalue weighted by Gasteiger charge is 2.54. The molecule has 4 aliphatic rings. The lowest BCUT2D eigenvalue weighted by molar-refractivity contribution is -0.265. The van der Waals surface area contributed by atoms with E-state index < -0.39 is 117 Å². The number of ketones is 3. The van der Waals surface area contributed by atoms with E-state index in [0.717, 1.165) is 10.5 Å². The largest absolute Gasteiger partial charge is 0.523 e. The molecule has 20 heteroatoms. The van der Waals surface area contributed by atoms with E-state index in [9.17, 15) is 55.8 Å². The summed E-state index contributed by atoms with van der Waals surface area (Å²) in [6.45, 7) is 12.1. The maximum absolute atomic E-state index is 14.4. The number of rotatable bonds is 8. The Morgan fingerprint density at radius 1 is 0.863 bits per heavy atom. The first kappa shape index (κ1) is 63.7. The van der Waals surface area contributed by atoms with Crippen LogP contribution in [0, 0.1) is 35.5 Å². The molecule has 0 aromatic rings. The van der Waals surface area contributed by atoms with E-state index in [1.165, 1.54) is 27.4 Å². The molecule has 73 heavy (non-hydrogen) atoms. The van der Waals surface area contributed by atoms with Crippen molar-refractivity contribution >= 4 is 39.3 Å². The van der Waals surface area contributed by atoms with Gasteiger partial charge in [-0.05, 0) is 107 Å². The Bertz CT molecular complexity index is 2130. The van der Waals surface area contributed by atoms with Gasteiger partial charge in [-0.25, -0.2) is 4.79 Å². The minimum Gasteiger partial charge on any atom is -0.460 e. The zero-order valence-corrected chi connectivity index (χ0v) is 44.2. The summed E-state index contributed by atoms with van der Waals surface area (Å²) < 4.78 is 97.1. The number of aliphatic hydroxyl groups excluding tert-OH is 1. The zero-order valence-electron chi connectivity index (χ0n) is 43.4. The molecule has 2 saturated heterocycles. The van der Waals surface area contributed by atoms with Crippen molar-refractivity contribution in [2.75, 3.05) is 27.9 Å². The fraction of sp³-hybridized carbons (Fsp3) is 0.755. The number of methoxy groups -OCH3 is 3. The lowest BCUT2D eigenvalue weighted by Crippen LogP contribution is -2.61. The summed E-state index contributed by atoms with van der Waals surface area (Å²) in [7, 11) is -1.83. The number of esters is 1. The fourth-order valence-corrected chi connectivity index (χ4v) is 11.1. The first-order chi connectivity index (χ1) is 33.7. The molecule has 3 aliphatic heterocycles. The van der Waals surface area contributed by atoms with Crippen molar-refractivity contribution in [2.45, 2.75) is 193 Å². The van der Waals surface area contributed by atoms with Gasteiger partial charge in [0.15, 0.2) is 5.78 Å². The number of carbonyl (C=O) groups is 5. The van der Waals surface area contributed by atoms with Crippen LogP contribution >= 0.6 is 0 Å². The summed E-state index contributed by atoms with van der Waals surface area (Å²) in [4.78, 5) is 72.0. The number of amides is 1. The van der Waals surface area contributed by atoms with Crippen molar-refractivity contribution in [1.82, 2.24) is 4.90 Å². The van der Waals surface area contributed by atoms with Crippen molar-refractivity contribution < 1.29 is 83.6 Å². The van der Waals surface area contributed by atoms with Crippen LogP contribution in [0.5, 0.6) is 0 Å². The minimum absolute atomic E-state index is 0. The van der Waals surface area contributed by atoms with Gasteiger partial charge in [0.05, 0.1) is 18.3 Å². The van der Waals surface area contributed by atoms with Crippen molar-refractivity contribution in [3.8, 4) is 0 Å². The summed E-state index contributed by atoms with van der Waals surface area (Å²) >= 11 is 0. The van der Waals surface area contributed by atoms with Crippen LogP contribution in [0.3, 0.4) is 0 Å². The standard InChI is InChI=1S/C52H78F3NO15S.CH4/c1-30-16-12-11-13-17-31(2)42(66-8)28-38-21-19-36(7)51(63,70-38)48(60)49(61)56-23-15-14-18-39(56)50(62)69-43(29-40(57)32(3)25-35(6)46(59)47(68-10)45(58)34(5)24-30)33(4)26-37-20-22-41(44(27-37)67-9)71-72(64,65)52(53,54)55;/h11-13,16-17,25,30,32-34,36-39,41-44,46-47,59,63H,14-15,18-24,26-29H2,1-10H3;1H4/b13-11?,16-12+,31-17?,35-25+;/t30-,32-,33-,34-,36-,37+,38+,39+,41-,42+,43+,44-,46-,47+,51-;/m1./s1. The quantitative estimate of drug-likeness (QED) is 0.0783. The average Bonchev–Trinajstić information content (AvgIpc) is 3.32. The number of halogens is 3. The number of piperidine rings is 1. The van der Waals surface area contributed by atoms with Crippen molar-refractivity contribution in [3.05, 3.63) is 47.6 Å². The predicted molar refractivity (Wildman–Crippen MR) is 266 cm³/mol. The van der Waals surface area contributed by atoms with E-state index in [2.05, 4.69) is 4.18 Å². The molecule has 2 bridgehead atoms. The highest BCUT2D eigenvalue weighted by Crippen LogP contribution is 2.39. The molecule has 2 N–H and O–H groups in total. The molecular formula is C53H82F3NO15S. The fourth-order valence-electron chi connectivity index (χ4n) is 10.4. The summed E-state index contributed by atoms with van der Waals surface area (Å²) in [5, 5.41) is 23.4. The number of hydrogen-bond donors (Lipinski definition) is 2. The van der Waals surface area contributed by atoms with E-state index in [0.29, 0.717) is 32.1 Å². The maximum Gasteiger partial charge on any atom is 0.523 e. The molecule has 416 valence electrons. The van der Waals surface area contributed by atoms with Gasteiger partial charge in [-0.3, -0.25) is 23.4 Å². The molecule has 0 unspecified atom stereocenters. The lowest BCUT2D eigenvalue weighted by atomic mass is 9.78. The third-order valence-electron chi connectivity index (χ3n) is 15.0. The molecule has 1 saturated carbocycles. The average molecular weight is 1060 g/mol. The van der Waals surface area contributed by atoms with E-state index in [4.69, 9.17) is 23.7 Å². The Morgan fingerprint density at radius 2 is 1.55 bits per heavy atom. The number of aliphatic hydroxyl groups is 2. The van der Waals surface area contributed by atoms with Gasteiger partial charge in [-0.2, -0.15) is 21.6 Å². The highest BCUT2D eigenvalue weighted by molar-refractivity contribution is 7.87. The van der Waals surface area contributed by atoms with E-state index in [1.807, 2.05) is 44.2 Å². The van der Waals surface area contributed by atoms with Crippen LogP contribution in [0.2, 0.25) is 0 Å². The second-order valence-electron chi connectivity index (χ2n) is 20.6. The second kappa shape index (κ2) is 27.9. The van der Waals surface area contributed by atoms with Gasteiger partial charge in [-0.1, -0.05) is 78.5 Å². The summed E-state index contributed by atoms with van der Waals surface area (Å²) in [6.07, 6.45) is 6.01. The van der Waals surface area contributed by atoms with Crippen LogP contribution in [0.4, 0.5) is 13.2 Å². The minimum atomic E-state index is -5.91. The summed E-state index contributed by atoms with van der Waals surface area (Å²) in [5.74, 6) is -9.68. The Hall–Kier alpha value is -3.63. The van der Waals surface area contributed by atoms with Gasteiger partial charge in [-0.15, -0.1) is 0 Å². The molecule has 1 aliphatic carbocycles.